The number of benzene rings is 1. The van der Waals surface area contributed by atoms with E-state index in [0.29, 0.717) is 0 Å². The van der Waals surface area contributed by atoms with Crippen LogP contribution in [-0.2, 0) is 9.59 Å². The lowest BCUT2D eigenvalue weighted by molar-refractivity contribution is -0.151. The Morgan fingerprint density at radius 1 is 1.26 bits per heavy atom. The van der Waals surface area contributed by atoms with Gasteiger partial charge >= 0.3 is 11.8 Å². The number of hydrogen-bond acceptors (Lipinski definition) is 5. The molecule has 3 N–H and O–H groups in total. The Morgan fingerprint density at radius 3 is 2.55 bits per heavy atom. The number of halogens is 3. The first-order valence-electron chi connectivity index (χ1n) is 9.20. The standard InChI is InChI=1S/C20H19F3N4O4/c1-31-18-14(16(24)28)8-13(10-25-18)26-17(29)19(30)27-7-6-20(22,23)9-15(27)11-2-4-12(21)5-3-11/h2-5,8,10,15H,6-7,9H2,1H3,(H2,24,28)(H,26,29)/t15-/m0/s1. The molecule has 2 heterocycles. The number of nitrogens with two attached hydrogens (primary N) is 1. The molecule has 1 aromatic carbocycles. The zero-order valence-corrected chi connectivity index (χ0v) is 16.4. The van der Waals surface area contributed by atoms with Gasteiger partial charge in [0.2, 0.25) is 5.88 Å². The van der Waals surface area contributed by atoms with Gasteiger partial charge in [-0.25, -0.2) is 18.2 Å². The van der Waals surface area contributed by atoms with Crippen LogP contribution in [0.4, 0.5) is 18.9 Å². The van der Waals surface area contributed by atoms with Crippen LogP contribution in [0.3, 0.4) is 0 Å². The van der Waals surface area contributed by atoms with Crippen LogP contribution in [0.2, 0.25) is 0 Å². The van der Waals surface area contributed by atoms with Crippen molar-refractivity contribution in [3.8, 4) is 5.88 Å². The average Bonchev–Trinajstić information content (AvgIpc) is 2.73. The van der Waals surface area contributed by atoms with E-state index >= 15 is 0 Å². The van der Waals surface area contributed by atoms with Crippen molar-refractivity contribution < 1.29 is 32.3 Å². The molecule has 0 bridgehead atoms. The molecule has 0 aliphatic carbocycles. The summed E-state index contributed by atoms with van der Waals surface area (Å²) in [5.41, 5.74) is 5.40. The molecule has 3 rings (SSSR count). The second-order valence-corrected chi connectivity index (χ2v) is 6.98. The van der Waals surface area contributed by atoms with Gasteiger partial charge < -0.3 is 20.7 Å². The monoisotopic (exact) mass is 436 g/mol. The summed E-state index contributed by atoms with van der Waals surface area (Å²) in [6.45, 7) is -0.366. The number of carbonyl (C=O) groups is 3. The largest absolute Gasteiger partial charge is 0.480 e. The Hall–Kier alpha value is -3.63. The van der Waals surface area contributed by atoms with Gasteiger partial charge in [-0.05, 0) is 23.8 Å². The SMILES string of the molecule is COc1ncc(NC(=O)C(=O)N2CCC(F)(F)C[C@H]2c2ccc(F)cc2)cc1C(N)=O. The highest BCUT2D eigenvalue weighted by molar-refractivity contribution is 6.39. The number of methoxy groups -OCH3 is 1. The molecule has 1 aliphatic rings. The number of aromatic nitrogens is 1. The molecule has 1 saturated heterocycles. The second kappa shape index (κ2) is 8.62. The summed E-state index contributed by atoms with van der Waals surface area (Å²) in [6, 6.07) is 4.86. The third-order valence-electron chi connectivity index (χ3n) is 4.86. The van der Waals surface area contributed by atoms with Crippen molar-refractivity contribution in [2.45, 2.75) is 24.8 Å². The number of nitrogens with one attached hydrogen (secondary N) is 1. The normalized spacial score (nSPS) is 17.7. The predicted octanol–water partition coefficient (Wildman–Crippen LogP) is 2.27. The van der Waals surface area contributed by atoms with E-state index in [4.69, 9.17) is 10.5 Å². The third kappa shape index (κ3) is 4.93. The van der Waals surface area contributed by atoms with Crippen LogP contribution < -0.4 is 15.8 Å². The fraction of sp³-hybridized carbons (Fsp3) is 0.300. The van der Waals surface area contributed by atoms with Gasteiger partial charge in [-0.1, -0.05) is 12.1 Å². The number of nitrogens with zero attached hydrogens (tertiary/aromatic N) is 2. The molecule has 0 saturated carbocycles. The maximum atomic E-state index is 14.0. The summed E-state index contributed by atoms with van der Waals surface area (Å²) in [4.78, 5) is 41.6. The van der Waals surface area contributed by atoms with Crippen LogP contribution in [0.15, 0.2) is 36.5 Å². The molecular weight excluding hydrogens is 417 g/mol. The predicted molar refractivity (Wildman–Crippen MR) is 103 cm³/mol. The molecule has 2 aromatic rings. The summed E-state index contributed by atoms with van der Waals surface area (Å²) in [5.74, 6) is -6.68. The number of carbonyl (C=O) groups excluding carboxylic acids is 3. The van der Waals surface area contributed by atoms with Crippen molar-refractivity contribution >= 4 is 23.4 Å². The summed E-state index contributed by atoms with van der Waals surface area (Å²) >= 11 is 0. The lowest BCUT2D eigenvalue weighted by Crippen LogP contribution is -2.48. The van der Waals surface area contributed by atoms with Crippen LogP contribution in [0.25, 0.3) is 0 Å². The van der Waals surface area contributed by atoms with Gasteiger partial charge in [0, 0.05) is 19.4 Å². The van der Waals surface area contributed by atoms with E-state index < -0.39 is 48.3 Å². The van der Waals surface area contributed by atoms with Crippen LogP contribution in [0.5, 0.6) is 5.88 Å². The van der Waals surface area contributed by atoms with Gasteiger partial charge in [-0.3, -0.25) is 14.4 Å². The van der Waals surface area contributed by atoms with Crippen LogP contribution >= 0.6 is 0 Å². The van der Waals surface area contributed by atoms with Crippen molar-refractivity contribution in [1.29, 1.82) is 0 Å². The fourth-order valence-electron chi connectivity index (χ4n) is 3.34. The highest BCUT2D eigenvalue weighted by Gasteiger charge is 2.44. The minimum atomic E-state index is -3.04. The van der Waals surface area contributed by atoms with Crippen molar-refractivity contribution in [3.05, 3.63) is 53.5 Å². The van der Waals surface area contributed by atoms with Crippen molar-refractivity contribution in [2.24, 2.45) is 5.73 Å². The molecule has 1 atom stereocenters. The first kappa shape index (κ1) is 22.1. The Kier molecular flexibility index (Phi) is 6.14. The zero-order valence-electron chi connectivity index (χ0n) is 16.4. The molecule has 0 spiro atoms. The van der Waals surface area contributed by atoms with Gasteiger partial charge in [0.25, 0.3) is 11.8 Å². The fourth-order valence-corrected chi connectivity index (χ4v) is 3.34. The Balaban J connectivity index is 1.82. The van der Waals surface area contributed by atoms with E-state index in [9.17, 15) is 27.6 Å². The van der Waals surface area contributed by atoms with E-state index in [0.717, 1.165) is 23.2 Å². The van der Waals surface area contributed by atoms with Gasteiger partial charge in [0.1, 0.15) is 11.4 Å². The summed E-state index contributed by atoms with van der Waals surface area (Å²) < 4.78 is 46.2. The van der Waals surface area contributed by atoms with Crippen LogP contribution in [0.1, 0.15) is 34.8 Å². The summed E-state index contributed by atoms with van der Waals surface area (Å²) in [7, 11) is 1.28. The minimum Gasteiger partial charge on any atom is -0.480 e. The first-order chi connectivity index (χ1) is 14.6. The smallest absolute Gasteiger partial charge is 0.313 e. The number of alkyl halides is 2. The van der Waals surface area contributed by atoms with Crippen LogP contribution in [-0.4, -0.2) is 47.2 Å². The van der Waals surface area contributed by atoms with Crippen molar-refractivity contribution in [3.63, 3.8) is 0 Å². The summed E-state index contributed by atoms with van der Waals surface area (Å²) in [6.07, 6.45) is -0.161. The first-order valence-corrected chi connectivity index (χ1v) is 9.20. The van der Waals surface area contributed by atoms with Crippen molar-refractivity contribution in [1.82, 2.24) is 9.88 Å². The number of piperidine rings is 1. The number of pyridine rings is 1. The zero-order chi connectivity index (χ0) is 22.8. The lowest BCUT2D eigenvalue weighted by Gasteiger charge is -2.39. The molecule has 31 heavy (non-hydrogen) atoms. The van der Waals surface area contributed by atoms with E-state index in [1.807, 2.05) is 0 Å². The second-order valence-electron chi connectivity index (χ2n) is 6.98. The summed E-state index contributed by atoms with van der Waals surface area (Å²) in [5, 5.41) is 2.28. The maximum Gasteiger partial charge on any atom is 0.313 e. The number of rotatable bonds is 4. The Morgan fingerprint density at radius 2 is 1.94 bits per heavy atom. The van der Waals surface area contributed by atoms with Gasteiger partial charge in [-0.15, -0.1) is 0 Å². The number of likely N-dealkylation sites (tertiary alicyclic amines) is 1. The van der Waals surface area contributed by atoms with E-state index in [1.165, 1.54) is 25.3 Å². The molecule has 0 unspecified atom stereocenters. The molecule has 3 amide bonds. The minimum absolute atomic E-state index is 0.00591. The van der Waals surface area contributed by atoms with E-state index in [-0.39, 0.29) is 29.2 Å². The highest BCUT2D eigenvalue weighted by Crippen LogP contribution is 2.40. The molecule has 164 valence electrons. The number of amides is 3. The quantitative estimate of drug-likeness (QED) is 0.714. The number of primary amides is 1. The van der Waals surface area contributed by atoms with E-state index in [2.05, 4.69) is 10.3 Å². The number of ether oxygens (including phenoxy) is 1. The third-order valence-corrected chi connectivity index (χ3v) is 4.86. The van der Waals surface area contributed by atoms with Gasteiger partial charge in [-0.2, -0.15) is 0 Å². The molecule has 0 radical (unpaired) electrons. The van der Waals surface area contributed by atoms with Crippen LogP contribution in [0, 0.1) is 5.82 Å². The molecule has 8 nitrogen and oxygen atoms in total. The molecular formula is C20H19F3N4O4. The van der Waals surface area contributed by atoms with Gasteiger partial charge in [0.05, 0.1) is 25.0 Å². The topological polar surface area (TPSA) is 115 Å². The Labute approximate surface area is 175 Å². The van der Waals surface area contributed by atoms with E-state index in [1.54, 1.807) is 0 Å². The molecule has 1 aliphatic heterocycles. The molecule has 1 aromatic heterocycles. The lowest BCUT2D eigenvalue weighted by atomic mass is 9.92. The molecule has 1 fully saturated rings. The number of hydrogen-bond donors (Lipinski definition) is 2. The number of anilines is 1. The van der Waals surface area contributed by atoms with Crippen molar-refractivity contribution in [2.75, 3.05) is 19.0 Å². The average molecular weight is 436 g/mol. The molecule has 11 heteroatoms. The highest BCUT2D eigenvalue weighted by atomic mass is 19.3. The Bertz CT molecular complexity index is 1010. The van der Waals surface area contributed by atoms with Gasteiger partial charge in [0.15, 0.2) is 0 Å². The maximum absolute atomic E-state index is 14.0.